The molecule has 3 rings (SSSR count). The van der Waals surface area contributed by atoms with E-state index >= 15 is 0 Å². The van der Waals surface area contributed by atoms with Gasteiger partial charge in [-0.05, 0) is 29.8 Å². The van der Waals surface area contributed by atoms with Crippen molar-refractivity contribution in [3.63, 3.8) is 0 Å². The summed E-state index contributed by atoms with van der Waals surface area (Å²) >= 11 is 7.41. The Kier molecular flexibility index (Phi) is 5.51. The van der Waals surface area contributed by atoms with Crippen LogP contribution >= 0.6 is 23.4 Å². The van der Waals surface area contributed by atoms with Crippen LogP contribution in [0.3, 0.4) is 0 Å². The molecule has 0 radical (unpaired) electrons. The maximum Gasteiger partial charge on any atom is 0.234 e. The first-order valence-electron chi connectivity index (χ1n) is 7.28. The maximum absolute atomic E-state index is 12.2. The summed E-state index contributed by atoms with van der Waals surface area (Å²) in [7, 11) is 0. The summed E-state index contributed by atoms with van der Waals surface area (Å²) < 4.78 is 1.62. The Morgan fingerprint density at radius 3 is 2.71 bits per heavy atom. The lowest BCUT2D eigenvalue weighted by Gasteiger charge is -2.10. The van der Waals surface area contributed by atoms with Crippen molar-refractivity contribution in [3.8, 4) is 5.69 Å². The second kappa shape index (κ2) is 7.99. The zero-order valence-electron chi connectivity index (χ0n) is 12.7. The lowest BCUT2D eigenvalue weighted by atomic mass is 10.2. The molecular weight excluding hydrogens is 344 g/mol. The standard InChI is InChI=1S/C17H15ClN4OS/c18-14-7-5-13(6-8-14)9-24-10-17(23)21-15-3-1-2-4-16(15)22-12-19-11-20-22/h1-8,11-12H,9-10H2,(H,21,23). The number of anilines is 1. The number of carbonyl (C=O) groups is 1. The van der Waals surface area contributed by atoms with Gasteiger partial charge < -0.3 is 5.32 Å². The molecule has 0 aliphatic carbocycles. The van der Waals surface area contributed by atoms with Crippen LogP contribution in [0, 0.1) is 0 Å². The predicted octanol–water partition coefficient (Wildman–Crippen LogP) is 3.79. The summed E-state index contributed by atoms with van der Waals surface area (Å²) in [4.78, 5) is 16.1. The Balaban J connectivity index is 1.57. The highest BCUT2D eigenvalue weighted by atomic mass is 35.5. The number of rotatable bonds is 6. The molecule has 0 fully saturated rings. The molecule has 7 heteroatoms. The van der Waals surface area contributed by atoms with Crippen LogP contribution in [0.25, 0.3) is 5.69 Å². The molecule has 0 saturated heterocycles. The molecule has 0 aliphatic heterocycles. The second-order valence-electron chi connectivity index (χ2n) is 5.02. The van der Waals surface area contributed by atoms with E-state index in [0.717, 1.165) is 17.0 Å². The zero-order valence-corrected chi connectivity index (χ0v) is 14.3. The number of nitrogens with zero attached hydrogens (tertiary/aromatic N) is 3. The Morgan fingerprint density at radius 1 is 1.17 bits per heavy atom. The van der Waals surface area contributed by atoms with Gasteiger partial charge in [-0.25, -0.2) is 9.67 Å². The summed E-state index contributed by atoms with van der Waals surface area (Å²) in [5, 5.41) is 7.74. The first kappa shape index (κ1) is 16.5. The van der Waals surface area contributed by atoms with Gasteiger partial charge in [-0.15, -0.1) is 11.8 Å². The van der Waals surface area contributed by atoms with Crippen molar-refractivity contribution in [2.75, 3.05) is 11.1 Å². The minimum Gasteiger partial charge on any atom is -0.323 e. The highest BCUT2D eigenvalue weighted by molar-refractivity contribution is 7.99. The molecule has 5 nitrogen and oxygen atoms in total. The molecule has 0 saturated carbocycles. The monoisotopic (exact) mass is 358 g/mol. The molecule has 0 unspecified atom stereocenters. The summed E-state index contributed by atoms with van der Waals surface area (Å²) in [6.07, 6.45) is 3.06. The molecule has 0 atom stereocenters. The molecule has 0 spiro atoms. The SMILES string of the molecule is O=C(CSCc1ccc(Cl)cc1)Nc1ccccc1-n1cncn1. The fourth-order valence-corrected chi connectivity index (χ4v) is 3.05. The third kappa shape index (κ3) is 4.37. The zero-order chi connectivity index (χ0) is 16.8. The molecule has 122 valence electrons. The van der Waals surface area contributed by atoms with Crippen molar-refractivity contribution >= 4 is 35.0 Å². The molecule has 0 aliphatic rings. The number of halogens is 1. The summed E-state index contributed by atoms with van der Waals surface area (Å²) in [5.74, 6) is 1.07. The number of thioether (sulfide) groups is 1. The first-order chi connectivity index (χ1) is 11.7. The van der Waals surface area contributed by atoms with Gasteiger partial charge in [0, 0.05) is 10.8 Å². The largest absolute Gasteiger partial charge is 0.323 e. The number of aromatic nitrogens is 3. The van der Waals surface area contributed by atoms with E-state index in [1.807, 2.05) is 48.5 Å². The minimum atomic E-state index is -0.0541. The van der Waals surface area contributed by atoms with Crippen LogP contribution in [0.5, 0.6) is 0 Å². The molecule has 0 bridgehead atoms. The van der Waals surface area contributed by atoms with Gasteiger partial charge in [0.2, 0.25) is 5.91 Å². The molecule has 1 aromatic heterocycles. The molecule has 1 N–H and O–H groups in total. The second-order valence-corrected chi connectivity index (χ2v) is 6.45. The minimum absolute atomic E-state index is 0.0541. The summed E-state index contributed by atoms with van der Waals surface area (Å²) in [5.41, 5.74) is 2.63. The fourth-order valence-electron chi connectivity index (χ4n) is 2.14. The van der Waals surface area contributed by atoms with Crippen molar-refractivity contribution in [3.05, 3.63) is 71.8 Å². The van der Waals surface area contributed by atoms with E-state index in [-0.39, 0.29) is 5.91 Å². The van der Waals surface area contributed by atoms with Crippen LogP contribution in [0.15, 0.2) is 61.2 Å². The van der Waals surface area contributed by atoms with Crippen LogP contribution in [0.2, 0.25) is 5.02 Å². The highest BCUT2D eigenvalue weighted by Crippen LogP contribution is 2.20. The van der Waals surface area contributed by atoms with Crippen molar-refractivity contribution in [1.82, 2.24) is 14.8 Å². The van der Waals surface area contributed by atoms with Gasteiger partial charge in [0.25, 0.3) is 0 Å². The average Bonchev–Trinajstić information content (AvgIpc) is 3.11. The number of benzene rings is 2. The van der Waals surface area contributed by atoms with Crippen molar-refractivity contribution in [1.29, 1.82) is 0 Å². The average molecular weight is 359 g/mol. The lowest BCUT2D eigenvalue weighted by Crippen LogP contribution is -2.16. The third-order valence-corrected chi connectivity index (χ3v) is 4.51. The predicted molar refractivity (Wildman–Crippen MR) is 97.6 cm³/mol. The van der Waals surface area contributed by atoms with E-state index in [9.17, 15) is 4.79 Å². The number of hydrogen-bond donors (Lipinski definition) is 1. The van der Waals surface area contributed by atoms with E-state index in [0.29, 0.717) is 16.5 Å². The summed E-state index contributed by atoms with van der Waals surface area (Å²) in [6.45, 7) is 0. The van der Waals surface area contributed by atoms with Gasteiger partial charge in [0.15, 0.2) is 0 Å². The first-order valence-corrected chi connectivity index (χ1v) is 8.82. The maximum atomic E-state index is 12.2. The molecule has 24 heavy (non-hydrogen) atoms. The number of hydrogen-bond acceptors (Lipinski definition) is 4. The van der Waals surface area contributed by atoms with Crippen molar-refractivity contribution < 1.29 is 4.79 Å². The van der Waals surface area contributed by atoms with Crippen molar-refractivity contribution in [2.45, 2.75) is 5.75 Å². The van der Waals surface area contributed by atoms with E-state index in [2.05, 4.69) is 15.4 Å². The number of nitrogens with one attached hydrogen (secondary N) is 1. The van der Waals surface area contributed by atoms with Crippen molar-refractivity contribution in [2.24, 2.45) is 0 Å². The highest BCUT2D eigenvalue weighted by Gasteiger charge is 2.08. The smallest absolute Gasteiger partial charge is 0.234 e. The Hall–Kier alpha value is -2.31. The Morgan fingerprint density at radius 2 is 1.96 bits per heavy atom. The van der Waals surface area contributed by atoms with Crippen LogP contribution < -0.4 is 5.32 Å². The van der Waals surface area contributed by atoms with E-state index in [1.165, 1.54) is 6.33 Å². The molecular formula is C17H15ClN4OS. The molecule has 2 aromatic carbocycles. The Bertz CT molecular complexity index is 806. The van der Waals surface area contributed by atoms with Crippen LogP contribution in [-0.2, 0) is 10.5 Å². The summed E-state index contributed by atoms with van der Waals surface area (Å²) in [6, 6.07) is 15.1. The number of amides is 1. The van der Waals surface area contributed by atoms with Gasteiger partial charge in [-0.1, -0.05) is 35.9 Å². The van der Waals surface area contributed by atoms with Gasteiger partial charge in [0.05, 0.1) is 17.1 Å². The topological polar surface area (TPSA) is 59.8 Å². The fraction of sp³-hybridized carbons (Fsp3) is 0.118. The van der Waals surface area contributed by atoms with Crippen LogP contribution in [-0.4, -0.2) is 26.4 Å². The van der Waals surface area contributed by atoms with Crippen LogP contribution in [0.4, 0.5) is 5.69 Å². The third-order valence-electron chi connectivity index (χ3n) is 3.26. The van der Waals surface area contributed by atoms with E-state index in [4.69, 9.17) is 11.6 Å². The number of para-hydroxylation sites is 2. The molecule has 3 aromatic rings. The lowest BCUT2D eigenvalue weighted by molar-refractivity contribution is -0.113. The van der Waals surface area contributed by atoms with Gasteiger partial charge in [0.1, 0.15) is 12.7 Å². The normalized spacial score (nSPS) is 10.5. The quantitative estimate of drug-likeness (QED) is 0.728. The molecule has 1 heterocycles. The molecule has 1 amide bonds. The Labute approximate surface area is 149 Å². The van der Waals surface area contributed by atoms with Crippen LogP contribution in [0.1, 0.15) is 5.56 Å². The van der Waals surface area contributed by atoms with E-state index < -0.39 is 0 Å². The number of carbonyl (C=O) groups excluding carboxylic acids is 1. The van der Waals surface area contributed by atoms with Gasteiger partial charge in [-0.2, -0.15) is 5.10 Å². The van der Waals surface area contributed by atoms with Gasteiger partial charge >= 0.3 is 0 Å². The van der Waals surface area contributed by atoms with Gasteiger partial charge in [-0.3, -0.25) is 4.79 Å². The van der Waals surface area contributed by atoms with E-state index in [1.54, 1.807) is 22.8 Å².